The van der Waals surface area contributed by atoms with Crippen molar-refractivity contribution in [1.29, 1.82) is 0 Å². The summed E-state index contributed by atoms with van der Waals surface area (Å²) in [4.78, 5) is 0.555. The Balaban J connectivity index is 2.45. The van der Waals surface area contributed by atoms with Crippen molar-refractivity contribution in [3.63, 3.8) is 0 Å². The monoisotopic (exact) mass is 233 g/mol. The van der Waals surface area contributed by atoms with Crippen molar-refractivity contribution in [3.05, 3.63) is 60.2 Å². The molecule has 0 aliphatic carbocycles. The highest BCUT2D eigenvalue weighted by atomic mass is 32.2. The SMILES string of the molecule is [2H]Cc1ccc(S(=O)(=O)c2ccccc2)cc1. The molecule has 0 N–H and O–H groups in total. The largest absolute Gasteiger partial charge is 0.219 e. The Morgan fingerprint density at radius 1 is 0.875 bits per heavy atom. The lowest BCUT2D eigenvalue weighted by Gasteiger charge is -2.04. The molecule has 0 atom stereocenters. The van der Waals surface area contributed by atoms with Crippen LogP contribution in [-0.4, -0.2) is 8.42 Å². The van der Waals surface area contributed by atoms with E-state index in [1.54, 1.807) is 54.6 Å². The topological polar surface area (TPSA) is 34.1 Å². The Kier molecular flexibility index (Phi) is 2.46. The third kappa shape index (κ3) is 1.99. The zero-order valence-electron chi connectivity index (χ0n) is 9.63. The second-order valence-electron chi connectivity index (χ2n) is 3.46. The van der Waals surface area contributed by atoms with Crippen molar-refractivity contribution in [2.75, 3.05) is 0 Å². The molecule has 0 spiro atoms. The van der Waals surface area contributed by atoms with Gasteiger partial charge in [0.2, 0.25) is 9.84 Å². The molecule has 16 heavy (non-hydrogen) atoms. The van der Waals surface area contributed by atoms with Crippen molar-refractivity contribution in [1.82, 2.24) is 0 Å². The smallest absolute Gasteiger partial charge is 0.206 e. The van der Waals surface area contributed by atoms with Crippen LogP contribution in [0.4, 0.5) is 0 Å². The van der Waals surface area contributed by atoms with Crippen molar-refractivity contribution >= 4 is 9.84 Å². The third-order valence-electron chi connectivity index (χ3n) is 2.29. The summed E-state index contributed by atoms with van der Waals surface area (Å²) < 4.78 is 31.6. The minimum absolute atomic E-state index is 0.158. The van der Waals surface area contributed by atoms with Crippen LogP contribution < -0.4 is 0 Å². The highest BCUT2D eigenvalue weighted by molar-refractivity contribution is 7.91. The van der Waals surface area contributed by atoms with E-state index in [4.69, 9.17) is 1.37 Å². The van der Waals surface area contributed by atoms with Crippen LogP contribution >= 0.6 is 0 Å². The second kappa shape index (κ2) is 4.10. The fourth-order valence-corrected chi connectivity index (χ4v) is 2.69. The van der Waals surface area contributed by atoms with Gasteiger partial charge in [0.25, 0.3) is 0 Å². The summed E-state index contributed by atoms with van der Waals surface area (Å²) in [6, 6.07) is 14.8. The quantitative estimate of drug-likeness (QED) is 0.799. The van der Waals surface area contributed by atoms with E-state index in [1.807, 2.05) is 0 Å². The highest BCUT2D eigenvalue weighted by Crippen LogP contribution is 2.20. The van der Waals surface area contributed by atoms with Gasteiger partial charge in [-0.15, -0.1) is 0 Å². The second-order valence-corrected chi connectivity index (χ2v) is 5.41. The number of benzene rings is 2. The van der Waals surface area contributed by atoms with Crippen molar-refractivity contribution < 1.29 is 9.79 Å². The minimum atomic E-state index is -3.43. The molecule has 2 rings (SSSR count). The van der Waals surface area contributed by atoms with E-state index in [2.05, 4.69) is 0 Å². The summed E-state index contributed by atoms with van der Waals surface area (Å²) in [6.07, 6.45) is 0. The first kappa shape index (κ1) is 9.60. The van der Waals surface area contributed by atoms with Gasteiger partial charge in [-0.25, -0.2) is 8.42 Å². The van der Waals surface area contributed by atoms with Crippen molar-refractivity contribution in [2.45, 2.75) is 16.7 Å². The standard InChI is InChI=1S/C13H12O2S/c1-11-7-9-13(10-8-11)16(14,15)12-5-3-2-4-6-12/h2-10H,1H3/i1D. The summed E-state index contributed by atoms with van der Waals surface area (Å²) in [5.74, 6) is 0. The molecule has 2 aromatic carbocycles. The number of hydrogen-bond acceptors (Lipinski definition) is 2. The molecule has 0 unspecified atom stereocenters. The molecule has 0 aliphatic heterocycles. The Bertz CT molecular complexity index is 589. The van der Waals surface area contributed by atoms with Crippen LogP contribution in [0.3, 0.4) is 0 Å². The van der Waals surface area contributed by atoms with Crippen LogP contribution in [0.5, 0.6) is 0 Å². The summed E-state index contributed by atoms with van der Waals surface area (Å²) in [5.41, 5.74) is 0.803. The lowest BCUT2D eigenvalue weighted by Crippen LogP contribution is -2.01. The van der Waals surface area contributed by atoms with Crippen molar-refractivity contribution in [2.24, 2.45) is 0 Å². The summed E-state index contributed by atoms with van der Waals surface area (Å²) in [5, 5.41) is 0. The Morgan fingerprint density at radius 3 is 2.00 bits per heavy atom. The first-order valence-corrected chi connectivity index (χ1v) is 6.31. The van der Waals surface area contributed by atoms with E-state index in [9.17, 15) is 8.42 Å². The van der Waals surface area contributed by atoms with Gasteiger partial charge in [-0.3, -0.25) is 0 Å². The van der Waals surface area contributed by atoms with Crippen LogP contribution in [0.15, 0.2) is 64.4 Å². The van der Waals surface area contributed by atoms with Gasteiger partial charge in [0.15, 0.2) is 0 Å². The molecule has 3 heteroatoms. The molecule has 2 aromatic rings. The fourth-order valence-electron chi connectivity index (χ4n) is 1.40. The van der Waals surface area contributed by atoms with Gasteiger partial charge in [-0.05, 0) is 31.2 Å². The van der Waals surface area contributed by atoms with Gasteiger partial charge in [-0.2, -0.15) is 0 Å². The molecule has 0 aliphatic rings. The van der Waals surface area contributed by atoms with Crippen LogP contribution in [0.2, 0.25) is 0 Å². The van der Waals surface area contributed by atoms with E-state index < -0.39 is 9.84 Å². The third-order valence-corrected chi connectivity index (χ3v) is 4.07. The molecular weight excluding hydrogens is 220 g/mol. The Hall–Kier alpha value is -1.61. The van der Waals surface area contributed by atoms with Gasteiger partial charge in [0.05, 0.1) is 9.79 Å². The summed E-state index contributed by atoms with van der Waals surface area (Å²) in [6.45, 7) is 0.158. The highest BCUT2D eigenvalue weighted by Gasteiger charge is 2.16. The molecular formula is C13H12O2S. The van der Waals surface area contributed by atoms with Crippen LogP contribution in [0.25, 0.3) is 0 Å². The number of rotatable bonds is 2. The Morgan fingerprint density at radius 2 is 1.44 bits per heavy atom. The van der Waals surface area contributed by atoms with Gasteiger partial charge in [-0.1, -0.05) is 35.9 Å². The zero-order valence-corrected chi connectivity index (χ0v) is 9.44. The maximum absolute atomic E-state index is 12.2. The fraction of sp³-hybridized carbons (Fsp3) is 0.0769. The molecule has 0 bridgehead atoms. The van der Waals surface area contributed by atoms with Crippen LogP contribution in [0, 0.1) is 6.90 Å². The van der Waals surface area contributed by atoms with E-state index in [0.717, 1.165) is 5.56 Å². The summed E-state index contributed by atoms with van der Waals surface area (Å²) in [7, 11) is -3.43. The van der Waals surface area contributed by atoms with Gasteiger partial charge >= 0.3 is 0 Å². The molecule has 82 valence electrons. The first-order chi connectivity index (χ1) is 8.14. The van der Waals surface area contributed by atoms with Gasteiger partial charge in [0, 0.05) is 1.37 Å². The number of sulfone groups is 1. The van der Waals surface area contributed by atoms with E-state index >= 15 is 0 Å². The van der Waals surface area contributed by atoms with E-state index in [-0.39, 0.29) is 11.8 Å². The molecule has 2 nitrogen and oxygen atoms in total. The summed E-state index contributed by atoms with van der Waals surface area (Å²) >= 11 is 0. The Labute approximate surface area is 96.9 Å². The van der Waals surface area contributed by atoms with Gasteiger partial charge < -0.3 is 0 Å². The lowest BCUT2D eigenvalue weighted by molar-refractivity contribution is 0.596. The predicted octanol–water partition coefficient (Wildman–Crippen LogP) is 2.83. The molecule has 0 saturated heterocycles. The average Bonchev–Trinajstić information content (AvgIpc) is 2.40. The maximum Gasteiger partial charge on any atom is 0.206 e. The van der Waals surface area contributed by atoms with E-state index in [1.165, 1.54) is 0 Å². The predicted molar refractivity (Wildman–Crippen MR) is 63.1 cm³/mol. The van der Waals surface area contributed by atoms with E-state index in [0.29, 0.717) is 4.90 Å². The lowest BCUT2D eigenvalue weighted by atomic mass is 10.2. The zero-order chi connectivity index (χ0) is 12.3. The molecule has 0 aromatic heterocycles. The normalized spacial score (nSPS) is 12.1. The maximum atomic E-state index is 12.2. The molecule has 0 amide bonds. The molecule has 0 saturated carbocycles. The first-order valence-electron chi connectivity index (χ1n) is 5.53. The number of hydrogen-bond donors (Lipinski definition) is 0. The molecule has 0 radical (unpaired) electrons. The van der Waals surface area contributed by atoms with Gasteiger partial charge in [0.1, 0.15) is 0 Å². The molecule has 0 heterocycles. The molecule has 0 fully saturated rings. The number of aryl methyl sites for hydroxylation is 1. The van der Waals surface area contributed by atoms with Crippen LogP contribution in [0.1, 0.15) is 6.93 Å². The average molecular weight is 233 g/mol. The van der Waals surface area contributed by atoms with Crippen molar-refractivity contribution in [3.8, 4) is 0 Å². The minimum Gasteiger partial charge on any atom is -0.219 e. The van der Waals surface area contributed by atoms with Crippen LogP contribution in [-0.2, 0) is 9.84 Å².